The predicted octanol–water partition coefficient (Wildman–Crippen LogP) is 5.11. The Hall–Kier alpha value is -4.75. The number of likely N-dealkylation sites (tertiary alicyclic amines) is 1. The molecule has 0 bridgehead atoms. The van der Waals surface area contributed by atoms with E-state index in [0.717, 1.165) is 52.5 Å². The van der Waals surface area contributed by atoms with Crippen molar-refractivity contribution >= 4 is 61.9 Å². The lowest BCUT2D eigenvalue weighted by molar-refractivity contribution is -0.151. The van der Waals surface area contributed by atoms with Crippen LogP contribution in [0.5, 0.6) is 0 Å². The van der Waals surface area contributed by atoms with Gasteiger partial charge in [0.2, 0.25) is 0 Å². The number of rotatable bonds is 4. The van der Waals surface area contributed by atoms with Crippen LogP contribution >= 0.6 is 0 Å². The minimum atomic E-state index is -1.33. The molecule has 7 heteroatoms. The number of aryl methyl sites for hydroxylation is 1. The monoisotopic (exact) mass is 589 g/mol. The molecule has 2 spiro atoms. The van der Waals surface area contributed by atoms with E-state index in [1.165, 1.54) is 70.8 Å². The molecule has 1 heterocycles. The summed E-state index contributed by atoms with van der Waals surface area (Å²) in [6, 6.07) is 6.56. The molecule has 0 radical (unpaired) electrons. The van der Waals surface area contributed by atoms with Gasteiger partial charge in [-0.05, 0) is 114 Å². The minimum Gasteiger partial charge on any atom is -0.480 e. The molecule has 3 N–H and O–H groups in total. The molecule has 13 rings (SSSR count). The van der Waals surface area contributed by atoms with Gasteiger partial charge in [0.05, 0.1) is 12.0 Å². The summed E-state index contributed by atoms with van der Waals surface area (Å²) in [5.41, 5.74) is 11.6. The average molecular weight is 590 g/mol. The fourth-order valence-electron chi connectivity index (χ4n) is 13.5. The average Bonchev–Trinajstić information content (AvgIpc) is 3.75. The number of carboxylic acids is 3. The largest absolute Gasteiger partial charge is 0.480 e. The Morgan fingerprint density at radius 3 is 2.42 bits per heavy atom. The van der Waals surface area contributed by atoms with E-state index in [-0.39, 0.29) is 11.8 Å². The maximum atomic E-state index is 14.0. The fourth-order valence-corrected chi connectivity index (χ4v) is 13.5. The van der Waals surface area contributed by atoms with Crippen LogP contribution < -0.4 is 0 Å². The minimum absolute atomic E-state index is 0.0874. The Labute approximate surface area is 254 Å². The second kappa shape index (κ2) is 6.20. The van der Waals surface area contributed by atoms with E-state index in [1.807, 2.05) is 0 Å². The first kappa shape index (κ1) is 22.7. The smallest absolute Gasteiger partial charge is 0.322 e. The molecule has 6 unspecified atom stereocenters. The summed E-state index contributed by atoms with van der Waals surface area (Å²) in [7, 11) is 0. The van der Waals surface area contributed by atoms with E-state index in [4.69, 9.17) is 0 Å². The summed E-state index contributed by atoms with van der Waals surface area (Å²) in [6.45, 7) is -0.638. The Bertz CT molecular complexity index is 2550. The SMILES string of the molecule is O=C(O)CN1C(C(=O)O)C23C4=C5C=C6CC7=Cc8ccc9cc%10c%11c%12c(cc(c4c%12c2c2c%11c9c8C2C7C63C1C(=O)O)CC5)C%10. The van der Waals surface area contributed by atoms with Crippen LogP contribution in [0.25, 0.3) is 44.0 Å². The van der Waals surface area contributed by atoms with Crippen molar-refractivity contribution in [2.45, 2.75) is 49.1 Å². The normalized spacial score (nSPS) is 33.4. The van der Waals surface area contributed by atoms with Crippen molar-refractivity contribution in [3.63, 3.8) is 0 Å². The van der Waals surface area contributed by atoms with Crippen LogP contribution in [-0.2, 0) is 32.6 Å². The summed E-state index contributed by atoms with van der Waals surface area (Å²) >= 11 is 0. The second-order valence-electron chi connectivity index (χ2n) is 14.9. The molecular weight excluding hydrogens is 566 g/mol. The molecular formula is C38H23NO6. The summed E-state index contributed by atoms with van der Waals surface area (Å²) in [5, 5.41) is 40.3. The number of hydrogen-bond acceptors (Lipinski definition) is 4. The van der Waals surface area contributed by atoms with Crippen molar-refractivity contribution in [1.82, 2.24) is 4.90 Å². The van der Waals surface area contributed by atoms with Crippen molar-refractivity contribution in [2.75, 3.05) is 6.54 Å². The van der Waals surface area contributed by atoms with Crippen LogP contribution in [0.4, 0.5) is 0 Å². The molecule has 1 saturated carbocycles. The molecule has 0 aromatic heterocycles. The Balaban J connectivity index is 1.38. The van der Waals surface area contributed by atoms with Gasteiger partial charge in [0.1, 0.15) is 12.1 Å². The van der Waals surface area contributed by atoms with E-state index >= 15 is 0 Å². The number of nitrogens with zero attached hydrogens (tertiary/aromatic N) is 1. The molecule has 4 aromatic carbocycles. The number of carbonyl (C=O) groups is 3. The molecule has 4 aromatic rings. The van der Waals surface area contributed by atoms with Gasteiger partial charge in [0, 0.05) is 17.3 Å². The summed E-state index contributed by atoms with van der Waals surface area (Å²) in [6.07, 6.45) is 7.57. The van der Waals surface area contributed by atoms with Crippen LogP contribution in [0.15, 0.2) is 47.1 Å². The van der Waals surface area contributed by atoms with Gasteiger partial charge in [0.15, 0.2) is 0 Å². The number of carboxylic acid groups (broad SMARTS) is 3. The molecule has 45 heavy (non-hydrogen) atoms. The molecule has 6 atom stereocenters. The molecule has 216 valence electrons. The van der Waals surface area contributed by atoms with Gasteiger partial charge in [0.25, 0.3) is 0 Å². The number of benzene rings is 4. The van der Waals surface area contributed by atoms with Crippen LogP contribution in [0.2, 0.25) is 0 Å². The third kappa shape index (κ3) is 1.79. The zero-order valence-electron chi connectivity index (χ0n) is 23.8. The van der Waals surface area contributed by atoms with Gasteiger partial charge >= 0.3 is 17.9 Å². The van der Waals surface area contributed by atoms with Crippen molar-refractivity contribution in [2.24, 2.45) is 11.3 Å². The first-order valence-corrected chi connectivity index (χ1v) is 16.0. The van der Waals surface area contributed by atoms with E-state index in [0.29, 0.717) is 6.42 Å². The van der Waals surface area contributed by atoms with Crippen molar-refractivity contribution in [3.05, 3.63) is 91.6 Å². The molecule has 1 aliphatic heterocycles. The Morgan fingerprint density at radius 1 is 0.822 bits per heavy atom. The lowest BCUT2D eigenvalue weighted by Gasteiger charge is -2.58. The van der Waals surface area contributed by atoms with Gasteiger partial charge < -0.3 is 15.3 Å². The van der Waals surface area contributed by atoms with Gasteiger partial charge in [-0.1, -0.05) is 47.6 Å². The third-order valence-corrected chi connectivity index (χ3v) is 13.8. The molecule has 9 aliphatic rings. The first-order valence-electron chi connectivity index (χ1n) is 16.0. The maximum absolute atomic E-state index is 14.0. The summed E-state index contributed by atoms with van der Waals surface area (Å²) in [4.78, 5) is 41.7. The number of hydrogen-bond donors (Lipinski definition) is 3. The first-order chi connectivity index (χ1) is 21.8. The van der Waals surface area contributed by atoms with E-state index in [1.54, 1.807) is 0 Å². The highest BCUT2D eigenvalue weighted by atomic mass is 16.4. The van der Waals surface area contributed by atoms with Gasteiger partial charge in [-0.15, -0.1) is 0 Å². The predicted molar refractivity (Wildman–Crippen MR) is 164 cm³/mol. The third-order valence-electron chi connectivity index (χ3n) is 13.8. The van der Waals surface area contributed by atoms with E-state index in [9.17, 15) is 29.7 Å². The van der Waals surface area contributed by atoms with Crippen LogP contribution in [0, 0.1) is 11.3 Å². The summed E-state index contributed by atoms with van der Waals surface area (Å²) < 4.78 is 0. The topological polar surface area (TPSA) is 115 Å². The summed E-state index contributed by atoms with van der Waals surface area (Å²) in [5.74, 6) is -3.82. The number of aliphatic carboxylic acids is 3. The number of allylic oxidation sites excluding steroid dienone is 3. The zero-order valence-corrected chi connectivity index (χ0v) is 23.8. The highest BCUT2D eigenvalue weighted by Crippen LogP contribution is 2.85. The second-order valence-corrected chi connectivity index (χ2v) is 14.9. The van der Waals surface area contributed by atoms with Gasteiger partial charge in [-0.2, -0.15) is 0 Å². The molecule has 0 amide bonds. The van der Waals surface area contributed by atoms with E-state index in [2.05, 4.69) is 36.4 Å². The van der Waals surface area contributed by atoms with Crippen LogP contribution in [-0.4, -0.2) is 56.8 Å². The van der Waals surface area contributed by atoms with Crippen LogP contribution in [0.1, 0.15) is 63.3 Å². The van der Waals surface area contributed by atoms with E-state index < -0.39 is 47.4 Å². The van der Waals surface area contributed by atoms with Gasteiger partial charge in [-0.3, -0.25) is 19.3 Å². The lowest BCUT2D eigenvalue weighted by Crippen LogP contribution is -2.61. The molecule has 8 aliphatic carbocycles. The zero-order chi connectivity index (χ0) is 29.8. The van der Waals surface area contributed by atoms with Crippen LogP contribution in [0.3, 0.4) is 0 Å². The Morgan fingerprint density at radius 2 is 1.62 bits per heavy atom. The lowest BCUT2D eigenvalue weighted by atomic mass is 9.41. The van der Waals surface area contributed by atoms with Crippen molar-refractivity contribution in [3.8, 4) is 0 Å². The fraction of sp³-hybridized carbons (Fsp3) is 0.289. The molecule has 2 fully saturated rings. The van der Waals surface area contributed by atoms with Crippen molar-refractivity contribution in [1.29, 1.82) is 0 Å². The standard InChI is InChI=1S/C38H23NO6/c40-20(41)11-39-33(35(42)43)37-19-9-15-4-3-14-6-17-8-16-5-12-1-2-13-7-18(10-19)31(37)28-22(13)21(12)26-23(16)24(17)27-25(14)30(15)38(37,32(27)29(26)28)34(39)36(44)45/h1-2,5-7,9,28,31,33-34H,3-4,8,10-11H2,(H,40,41)(H,42,43)(H,44,45). The highest BCUT2D eigenvalue weighted by Gasteiger charge is 2.85. The Kier molecular flexibility index (Phi) is 3.13. The highest BCUT2D eigenvalue weighted by molar-refractivity contribution is 6.31. The van der Waals surface area contributed by atoms with Crippen molar-refractivity contribution < 1.29 is 29.7 Å². The molecule has 7 nitrogen and oxygen atoms in total. The quantitative estimate of drug-likeness (QED) is 0.250. The molecule has 1 saturated heterocycles. The van der Waals surface area contributed by atoms with Gasteiger partial charge in [-0.25, -0.2) is 0 Å². The maximum Gasteiger partial charge on any atom is 0.322 e.